The lowest BCUT2D eigenvalue weighted by Gasteiger charge is -2.26. The van der Waals surface area contributed by atoms with Gasteiger partial charge in [-0.2, -0.15) is 0 Å². The highest BCUT2D eigenvalue weighted by molar-refractivity contribution is 6.34. The average Bonchev–Trinajstić information content (AvgIpc) is 2.64. The summed E-state index contributed by atoms with van der Waals surface area (Å²) < 4.78 is 10.5. The van der Waals surface area contributed by atoms with E-state index in [0.717, 1.165) is 5.69 Å². The zero-order valence-electron chi connectivity index (χ0n) is 13.7. The number of ether oxygens (including phenoxy) is 2. The second kappa shape index (κ2) is 8.40. The molecule has 2 aromatic rings. The summed E-state index contributed by atoms with van der Waals surface area (Å²) in [6.07, 6.45) is 0. The van der Waals surface area contributed by atoms with E-state index in [9.17, 15) is 9.59 Å². The molecule has 0 atom stereocenters. The van der Waals surface area contributed by atoms with Crippen molar-refractivity contribution in [1.29, 1.82) is 0 Å². The highest BCUT2D eigenvalue weighted by atomic mass is 35.5. The molecular formula is C18H16Cl2N2O4. The molecule has 1 aliphatic rings. The number of hydrogen-bond acceptors (Lipinski definition) is 4. The molecule has 0 saturated carbocycles. The van der Waals surface area contributed by atoms with Crippen LogP contribution < -0.4 is 15.0 Å². The predicted octanol–water partition coefficient (Wildman–Crippen LogP) is 3.37. The monoisotopic (exact) mass is 394 g/mol. The first-order valence-corrected chi connectivity index (χ1v) is 8.64. The minimum Gasteiger partial charge on any atom is -0.482 e. The molecule has 0 unspecified atom stereocenters. The number of carbonyl (C=O) groups excluding carboxylic acids is 2. The summed E-state index contributed by atoms with van der Waals surface area (Å²) in [4.78, 5) is 25.5. The molecule has 1 heterocycles. The van der Waals surface area contributed by atoms with Crippen molar-refractivity contribution in [2.75, 3.05) is 36.6 Å². The minimum atomic E-state index is -0.337. The number of carbonyl (C=O) groups is 2. The van der Waals surface area contributed by atoms with E-state index in [-0.39, 0.29) is 25.0 Å². The number of halogens is 2. The molecule has 136 valence electrons. The molecule has 1 aliphatic heterocycles. The summed E-state index contributed by atoms with van der Waals surface area (Å²) in [6.45, 7) is 0.901. The first-order chi connectivity index (χ1) is 12.5. The van der Waals surface area contributed by atoms with Gasteiger partial charge in [-0.1, -0.05) is 23.2 Å². The Morgan fingerprint density at radius 3 is 2.69 bits per heavy atom. The lowest BCUT2D eigenvalue weighted by Crippen LogP contribution is -2.41. The zero-order valence-corrected chi connectivity index (χ0v) is 15.2. The SMILES string of the molecule is O=C(COc1cc(Cl)ccc1Cl)Nc1ccc(N2CCOCC2=O)cc1. The normalized spacial score (nSPS) is 14.2. The molecule has 1 fully saturated rings. The Labute approximate surface area is 160 Å². The molecule has 26 heavy (non-hydrogen) atoms. The van der Waals surface area contributed by atoms with Crippen LogP contribution in [0, 0.1) is 0 Å². The highest BCUT2D eigenvalue weighted by Crippen LogP contribution is 2.27. The molecule has 0 bridgehead atoms. The van der Waals surface area contributed by atoms with Crippen LogP contribution in [0.15, 0.2) is 42.5 Å². The van der Waals surface area contributed by atoms with Crippen LogP contribution in [0.3, 0.4) is 0 Å². The third-order valence-electron chi connectivity index (χ3n) is 3.70. The number of morpholine rings is 1. The van der Waals surface area contributed by atoms with Crippen LogP contribution in [0.5, 0.6) is 5.75 Å². The number of nitrogens with zero attached hydrogens (tertiary/aromatic N) is 1. The number of amides is 2. The first-order valence-electron chi connectivity index (χ1n) is 7.89. The third kappa shape index (κ3) is 4.66. The fourth-order valence-electron chi connectivity index (χ4n) is 2.44. The Hall–Kier alpha value is -2.28. The van der Waals surface area contributed by atoms with Crippen molar-refractivity contribution < 1.29 is 19.1 Å². The Morgan fingerprint density at radius 2 is 1.96 bits per heavy atom. The lowest BCUT2D eigenvalue weighted by atomic mass is 10.2. The van der Waals surface area contributed by atoms with E-state index >= 15 is 0 Å². The van der Waals surface area contributed by atoms with Crippen LogP contribution in [0.2, 0.25) is 10.0 Å². The number of anilines is 2. The average molecular weight is 395 g/mol. The van der Waals surface area contributed by atoms with Crippen molar-refractivity contribution >= 4 is 46.4 Å². The molecule has 1 saturated heterocycles. The molecule has 0 spiro atoms. The van der Waals surface area contributed by atoms with Gasteiger partial charge in [-0.3, -0.25) is 9.59 Å². The largest absolute Gasteiger partial charge is 0.482 e. The standard InChI is InChI=1S/C18H16Cl2N2O4/c19-12-1-6-15(20)16(9-12)26-10-17(23)21-13-2-4-14(5-3-13)22-7-8-25-11-18(22)24/h1-6,9H,7-8,10-11H2,(H,21,23). The maximum atomic E-state index is 12.0. The van der Waals surface area contributed by atoms with E-state index in [2.05, 4.69) is 5.32 Å². The van der Waals surface area contributed by atoms with Crippen molar-refractivity contribution in [2.45, 2.75) is 0 Å². The second-order valence-corrected chi connectivity index (χ2v) is 6.40. The van der Waals surface area contributed by atoms with E-state index in [1.807, 2.05) is 0 Å². The van der Waals surface area contributed by atoms with Crippen LogP contribution in [0.25, 0.3) is 0 Å². The van der Waals surface area contributed by atoms with Gasteiger partial charge in [0.05, 0.1) is 11.6 Å². The molecule has 0 aromatic heterocycles. The van der Waals surface area contributed by atoms with E-state index in [0.29, 0.717) is 34.6 Å². The molecule has 3 rings (SSSR count). The molecule has 0 aliphatic carbocycles. The Kier molecular flexibility index (Phi) is 5.98. The van der Waals surface area contributed by atoms with Crippen LogP contribution in [-0.2, 0) is 14.3 Å². The lowest BCUT2D eigenvalue weighted by molar-refractivity contribution is -0.125. The van der Waals surface area contributed by atoms with Gasteiger partial charge in [0.25, 0.3) is 11.8 Å². The second-order valence-electron chi connectivity index (χ2n) is 5.56. The summed E-state index contributed by atoms with van der Waals surface area (Å²) in [5.41, 5.74) is 1.36. The molecule has 8 heteroatoms. The third-order valence-corrected chi connectivity index (χ3v) is 4.25. The fraction of sp³-hybridized carbons (Fsp3) is 0.222. The Bertz CT molecular complexity index is 811. The smallest absolute Gasteiger partial charge is 0.262 e. The summed E-state index contributed by atoms with van der Waals surface area (Å²) >= 11 is 11.9. The molecule has 2 amide bonds. The summed E-state index contributed by atoms with van der Waals surface area (Å²) in [6, 6.07) is 11.8. The van der Waals surface area contributed by atoms with Gasteiger partial charge in [0.2, 0.25) is 0 Å². The van der Waals surface area contributed by atoms with Crippen molar-refractivity contribution in [3.05, 3.63) is 52.5 Å². The number of rotatable bonds is 5. The Morgan fingerprint density at radius 1 is 1.19 bits per heavy atom. The summed E-state index contributed by atoms with van der Waals surface area (Å²) in [7, 11) is 0. The number of nitrogens with one attached hydrogen (secondary N) is 1. The maximum absolute atomic E-state index is 12.0. The first kappa shape index (κ1) is 18.5. The van der Waals surface area contributed by atoms with Crippen molar-refractivity contribution in [1.82, 2.24) is 0 Å². The van der Waals surface area contributed by atoms with E-state index in [1.54, 1.807) is 47.4 Å². The number of benzene rings is 2. The van der Waals surface area contributed by atoms with E-state index in [4.69, 9.17) is 32.7 Å². The molecule has 2 aromatic carbocycles. The van der Waals surface area contributed by atoms with Gasteiger partial charge < -0.3 is 19.7 Å². The molecule has 0 radical (unpaired) electrons. The Balaban J connectivity index is 1.56. The number of hydrogen-bond donors (Lipinski definition) is 1. The van der Waals surface area contributed by atoms with Gasteiger partial charge in [-0.05, 0) is 36.4 Å². The minimum absolute atomic E-state index is 0.0835. The van der Waals surface area contributed by atoms with Gasteiger partial charge in [-0.15, -0.1) is 0 Å². The molecular weight excluding hydrogens is 379 g/mol. The quantitative estimate of drug-likeness (QED) is 0.843. The summed E-state index contributed by atoms with van der Waals surface area (Å²) in [5.74, 6) is -0.0772. The van der Waals surface area contributed by atoms with Gasteiger partial charge in [0.1, 0.15) is 12.4 Å². The van der Waals surface area contributed by atoms with Crippen molar-refractivity contribution in [3.8, 4) is 5.75 Å². The van der Waals surface area contributed by atoms with Crippen LogP contribution in [0.1, 0.15) is 0 Å². The van der Waals surface area contributed by atoms with Gasteiger partial charge in [-0.25, -0.2) is 0 Å². The van der Waals surface area contributed by atoms with Gasteiger partial charge >= 0.3 is 0 Å². The predicted molar refractivity (Wildman–Crippen MR) is 100 cm³/mol. The van der Waals surface area contributed by atoms with Crippen LogP contribution >= 0.6 is 23.2 Å². The molecule has 1 N–H and O–H groups in total. The highest BCUT2D eigenvalue weighted by Gasteiger charge is 2.20. The topological polar surface area (TPSA) is 67.9 Å². The summed E-state index contributed by atoms with van der Waals surface area (Å²) in [5, 5.41) is 3.57. The fourth-order valence-corrected chi connectivity index (χ4v) is 2.78. The van der Waals surface area contributed by atoms with E-state index in [1.165, 1.54) is 0 Å². The maximum Gasteiger partial charge on any atom is 0.262 e. The van der Waals surface area contributed by atoms with Crippen LogP contribution in [-0.4, -0.2) is 38.2 Å². The zero-order chi connectivity index (χ0) is 18.5. The van der Waals surface area contributed by atoms with Crippen LogP contribution in [0.4, 0.5) is 11.4 Å². The van der Waals surface area contributed by atoms with Gasteiger partial charge in [0.15, 0.2) is 6.61 Å². The van der Waals surface area contributed by atoms with Crippen molar-refractivity contribution in [3.63, 3.8) is 0 Å². The van der Waals surface area contributed by atoms with Gasteiger partial charge in [0, 0.05) is 29.0 Å². The van der Waals surface area contributed by atoms with Crippen molar-refractivity contribution in [2.24, 2.45) is 0 Å². The van der Waals surface area contributed by atoms with E-state index < -0.39 is 0 Å². The molecule has 6 nitrogen and oxygen atoms in total.